The van der Waals surface area contributed by atoms with Crippen LogP contribution in [0.1, 0.15) is 37.4 Å². The Morgan fingerprint density at radius 1 is 1.32 bits per heavy atom. The van der Waals surface area contributed by atoms with Gasteiger partial charge in [0.25, 0.3) is 5.56 Å². The molecule has 3 rings (SSSR count). The molecule has 4 nitrogen and oxygen atoms in total. The predicted molar refractivity (Wildman–Crippen MR) is 75.2 cm³/mol. The molecular weight excluding hydrogens is 238 g/mol. The molecule has 0 amide bonds. The highest BCUT2D eigenvalue weighted by Crippen LogP contribution is 2.33. The SMILES string of the molecule is CC(Nc1nccn(C2CC2)c1=O)c1ccccc1. The molecule has 1 saturated carbocycles. The van der Waals surface area contributed by atoms with Gasteiger partial charge in [-0.05, 0) is 25.3 Å². The van der Waals surface area contributed by atoms with Gasteiger partial charge in [0, 0.05) is 18.4 Å². The van der Waals surface area contributed by atoms with Gasteiger partial charge in [0.15, 0.2) is 5.82 Å². The molecule has 1 N–H and O–H groups in total. The van der Waals surface area contributed by atoms with Crippen LogP contribution in [0.25, 0.3) is 0 Å². The molecule has 0 aliphatic heterocycles. The zero-order chi connectivity index (χ0) is 13.2. The summed E-state index contributed by atoms with van der Waals surface area (Å²) >= 11 is 0. The Morgan fingerprint density at radius 3 is 2.74 bits per heavy atom. The highest BCUT2D eigenvalue weighted by Gasteiger charge is 2.25. The topological polar surface area (TPSA) is 46.9 Å². The van der Waals surface area contributed by atoms with Crippen LogP contribution < -0.4 is 10.9 Å². The van der Waals surface area contributed by atoms with Crippen LogP contribution in [-0.2, 0) is 0 Å². The van der Waals surface area contributed by atoms with E-state index in [0.29, 0.717) is 11.9 Å². The third-order valence-electron chi connectivity index (χ3n) is 3.46. The molecule has 1 heterocycles. The van der Waals surface area contributed by atoms with Gasteiger partial charge >= 0.3 is 0 Å². The highest BCUT2D eigenvalue weighted by atomic mass is 16.1. The van der Waals surface area contributed by atoms with Gasteiger partial charge in [-0.15, -0.1) is 0 Å². The molecule has 1 aromatic carbocycles. The molecule has 1 atom stereocenters. The van der Waals surface area contributed by atoms with Crippen LogP contribution in [0.5, 0.6) is 0 Å². The van der Waals surface area contributed by atoms with Crippen molar-refractivity contribution in [1.29, 1.82) is 0 Å². The van der Waals surface area contributed by atoms with Gasteiger partial charge in [0.1, 0.15) is 0 Å². The minimum Gasteiger partial charge on any atom is -0.359 e. The molecule has 1 aliphatic carbocycles. The van der Waals surface area contributed by atoms with E-state index >= 15 is 0 Å². The fraction of sp³-hybridized carbons (Fsp3) is 0.333. The zero-order valence-electron chi connectivity index (χ0n) is 10.9. The average molecular weight is 255 g/mol. The summed E-state index contributed by atoms with van der Waals surface area (Å²) in [5, 5.41) is 3.21. The molecule has 0 radical (unpaired) electrons. The summed E-state index contributed by atoms with van der Waals surface area (Å²) in [5.41, 5.74) is 1.12. The van der Waals surface area contributed by atoms with Crippen molar-refractivity contribution in [3.05, 3.63) is 58.6 Å². The Kier molecular flexibility index (Phi) is 3.07. The Morgan fingerprint density at radius 2 is 2.05 bits per heavy atom. The quantitative estimate of drug-likeness (QED) is 0.913. The highest BCUT2D eigenvalue weighted by molar-refractivity contribution is 5.36. The zero-order valence-corrected chi connectivity index (χ0v) is 10.9. The fourth-order valence-electron chi connectivity index (χ4n) is 2.19. The lowest BCUT2D eigenvalue weighted by Crippen LogP contribution is -2.24. The van der Waals surface area contributed by atoms with E-state index in [1.165, 1.54) is 0 Å². The molecule has 0 bridgehead atoms. The van der Waals surface area contributed by atoms with Crippen molar-refractivity contribution < 1.29 is 0 Å². The molecule has 0 saturated heterocycles. The van der Waals surface area contributed by atoms with Crippen molar-refractivity contribution in [3.63, 3.8) is 0 Å². The molecule has 4 heteroatoms. The van der Waals surface area contributed by atoms with E-state index in [0.717, 1.165) is 18.4 Å². The number of rotatable bonds is 4. The largest absolute Gasteiger partial charge is 0.359 e. The maximum Gasteiger partial charge on any atom is 0.293 e. The van der Waals surface area contributed by atoms with E-state index in [9.17, 15) is 4.79 Å². The lowest BCUT2D eigenvalue weighted by atomic mass is 10.1. The summed E-state index contributed by atoms with van der Waals surface area (Å²) in [5.74, 6) is 0.436. The molecular formula is C15H17N3O. The number of hydrogen-bond acceptors (Lipinski definition) is 3. The number of benzene rings is 1. The standard InChI is InChI=1S/C15H17N3O/c1-11(12-5-3-2-4-6-12)17-14-15(19)18(10-9-16-14)13-7-8-13/h2-6,9-11,13H,7-8H2,1H3,(H,16,17). The second-order valence-corrected chi connectivity index (χ2v) is 5.00. The first kappa shape index (κ1) is 12.0. The fourth-order valence-corrected chi connectivity index (χ4v) is 2.19. The first-order valence-corrected chi connectivity index (χ1v) is 6.64. The molecule has 1 fully saturated rings. The van der Waals surface area contributed by atoms with Crippen LogP contribution in [0.2, 0.25) is 0 Å². The van der Waals surface area contributed by atoms with Gasteiger partial charge in [-0.2, -0.15) is 0 Å². The van der Waals surface area contributed by atoms with Crippen LogP contribution in [0.15, 0.2) is 47.5 Å². The number of aromatic nitrogens is 2. The summed E-state index contributed by atoms with van der Waals surface area (Å²) in [7, 11) is 0. The summed E-state index contributed by atoms with van der Waals surface area (Å²) < 4.78 is 1.78. The van der Waals surface area contributed by atoms with E-state index in [1.54, 1.807) is 17.0 Å². The monoisotopic (exact) mass is 255 g/mol. The van der Waals surface area contributed by atoms with Gasteiger partial charge in [-0.3, -0.25) is 4.79 Å². The third-order valence-corrected chi connectivity index (χ3v) is 3.46. The van der Waals surface area contributed by atoms with Gasteiger partial charge in [0.05, 0.1) is 6.04 Å². The van der Waals surface area contributed by atoms with Crippen molar-refractivity contribution in [2.24, 2.45) is 0 Å². The Bertz CT molecular complexity index is 617. The smallest absolute Gasteiger partial charge is 0.293 e. The predicted octanol–water partition coefficient (Wildman–Crippen LogP) is 2.75. The lowest BCUT2D eigenvalue weighted by molar-refractivity contribution is 0.696. The van der Waals surface area contributed by atoms with Gasteiger partial charge in [0.2, 0.25) is 0 Å². The van der Waals surface area contributed by atoms with Crippen LogP contribution in [-0.4, -0.2) is 9.55 Å². The second kappa shape index (κ2) is 4.88. The second-order valence-electron chi connectivity index (χ2n) is 5.00. The van der Waals surface area contributed by atoms with E-state index in [1.807, 2.05) is 37.3 Å². The Labute approximate surface area is 112 Å². The number of nitrogens with one attached hydrogen (secondary N) is 1. The molecule has 1 aliphatic rings. The van der Waals surface area contributed by atoms with E-state index in [4.69, 9.17) is 0 Å². The van der Waals surface area contributed by atoms with Crippen molar-refractivity contribution in [3.8, 4) is 0 Å². The first-order chi connectivity index (χ1) is 9.25. The molecule has 19 heavy (non-hydrogen) atoms. The normalized spacial score (nSPS) is 16.1. The van der Waals surface area contributed by atoms with Crippen LogP contribution in [0, 0.1) is 0 Å². The van der Waals surface area contributed by atoms with Gasteiger partial charge in [-0.1, -0.05) is 30.3 Å². The summed E-state index contributed by atoms with van der Waals surface area (Å²) in [6.07, 6.45) is 5.66. The molecule has 1 unspecified atom stereocenters. The van der Waals surface area contributed by atoms with E-state index < -0.39 is 0 Å². The van der Waals surface area contributed by atoms with Gasteiger partial charge < -0.3 is 9.88 Å². The minimum atomic E-state index is -0.0206. The molecule has 0 spiro atoms. The number of nitrogens with zero attached hydrogens (tertiary/aromatic N) is 2. The minimum absolute atomic E-state index is 0.0206. The number of hydrogen-bond donors (Lipinski definition) is 1. The average Bonchev–Trinajstić information content (AvgIpc) is 3.26. The van der Waals surface area contributed by atoms with Crippen LogP contribution in [0.4, 0.5) is 5.82 Å². The van der Waals surface area contributed by atoms with Gasteiger partial charge in [-0.25, -0.2) is 4.98 Å². The summed E-state index contributed by atoms with van der Waals surface area (Å²) in [6.45, 7) is 2.03. The van der Waals surface area contributed by atoms with E-state index in [2.05, 4.69) is 10.3 Å². The molecule has 98 valence electrons. The molecule has 2 aromatic rings. The summed E-state index contributed by atoms with van der Waals surface area (Å²) in [4.78, 5) is 16.4. The van der Waals surface area contributed by atoms with Crippen molar-refractivity contribution in [2.75, 3.05) is 5.32 Å². The summed E-state index contributed by atoms with van der Waals surface area (Å²) in [6, 6.07) is 10.5. The molecule has 1 aromatic heterocycles. The Balaban J connectivity index is 1.84. The third kappa shape index (κ3) is 2.52. The van der Waals surface area contributed by atoms with Crippen molar-refractivity contribution >= 4 is 5.82 Å². The van der Waals surface area contributed by atoms with Crippen molar-refractivity contribution in [2.45, 2.75) is 31.8 Å². The first-order valence-electron chi connectivity index (χ1n) is 6.64. The number of anilines is 1. The van der Waals surface area contributed by atoms with Crippen molar-refractivity contribution in [1.82, 2.24) is 9.55 Å². The van der Waals surface area contributed by atoms with E-state index in [-0.39, 0.29) is 11.6 Å². The maximum atomic E-state index is 12.3. The Hall–Kier alpha value is -2.10. The lowest BCUT2D eigenvalue weighted by Gasteiger charge is -2.15. The van der Waals surface area contributed by atoms with Crippen LogP contribution in [0.3, 0.4) is 0 Å². The maximum absolute atomic E-state index is 12.3. The van der Waals surface area contributed by atoms with Crippen LogP contribution >= 0.6 is 0 Å².